The van der Waals surface area contributed by atoms with E-state index in [1.807, 2.05) is 25.2 Å². The Morgan fingerprint density at radius 1 is 1.36 bits per heavy atom. The maximum absolute atomic E-state index is 10.9. The highest BCUT2D eigenvalue weighted by atomic mass is 32.2. The van der Waals surface area contributed by atoms with E-state index in [9.17, 15) is 4.79 Å². The third-order valence-electron chi connectivity index (χ3n) is 3.00. The van der Waals surface area contributed by atoms with Crippen molar-refractivity contribution in [2.24, 2.45) is 0 Å². The van der Waals surface area contributed by atoms with Crippen LogP contribution >= 0.6 is 11.8 Å². The second-order valence-electron chi connectivity index (χ2n) is 6.27. The zero-order chi connectivity index (χ0) is 16.9. The van der Waals surface area contributed by atoms with Crippen molar-refractivity contribution in [1.29, 1.82) is 0 Å². The first-order valence-corrected chi connectivity index (χ1v) is 10.6. The third-order valence-corrected chi connectivity index (χ3v) is 4.97. The van der Waals surface area contributed by atoms with Gasteiger partial charge in [-0.1, -0.05) is 26.8 Å². The Morgan fingerprint density at radius 2 is 2.00 bits per heavy atom. The number of methoxy groups -OCH3 is 1. The number of carboxylic acid groups (broad SMARTS) is 1. The quantitative estimate of drug-likeness (QED) is 0.598. The Morgan fingerprint density at radius 3 is 2.45 bits per heavy atom. The first kappa shape index (κ1) is 19.1. The van der Waals surface area contributed by atoms with Gasteiger partial charge in [-0.3, -0.25) is 4.79 Å². The SMILES string of the molecule is COc1ccc(C(O[Si](C)C)SCC(=O)O)cc1C(C)(C)C. The lowest BCUT2D eigenvalue weighted by molar-refractivity contribution is -0.133. The van der Waals surface area contributed by atoms with Crippen LogP contribution in [0.25, 0.3) is 0 Å². The van der Waals surface area contributed by atoms with E-state index in [2.05, 4.69) is 26.8 Å². The molecule has 0 saturated heterocycles. The van der Waals surface area contributed by atoms with Crippen LogP contribution in [0.1, 0.15) is 37.3 Å². The number of benzene rings is 1. The van der Waals surface area contributed by atoms with Gasteiger partial charge in [0.25, 0.3) is 0 Å². The summed E-state index contributed by atoms with van der Waals surface area (Å²) in [5.74, 6) is 0.0392. The molecule has 1 radical (unpaired) electrons. The van der Waals surface area contributed by atoms with Crippen LogP contribution in [0.15, 0.2) is 18.2 Å². The fourth-order valence-corrected chi connectivity index (χ4v) is 4.06. The predicted molar refractivity (Wildman–Crippen MR) is 93.1 cm³/mol. The Labute approximate surface area is 138 Å². The average Bonchev–Trinajstić information content (AvgIpc) is 2.41. The summed E-state index contributed by atoms with van der Waals surface area (Å²) in [7, 11) is 0.727. The van der Waals surface area contributed by atoms with Crippen LogP contribution in [0.5, 0.6) is 5.75 Å². The number of hydrogen-bond acceptors (Lipinski definition) is 4. The highest BCUT2D eigenvalue weighted by Gasteiger charge is 2.23. The summed E-state index contributed by atoms with van der Waals surface area (Å²) in [5.41, 5.74) is 1.77. The van der Waals surface area contributed by atoms with Crippen molar-refractivity contribution in [2.45, 2.75) is 44.7 Å². The van der Waals surface area contributed by atoms with Gasteiger partial charge in [0.1, 0.15) is 11.2 Å². The molecule has 0 spiro atoms. The lowest BCUT2D eigenvalue weighted by atomic mass is 9.85. The fraction of sp³-hybridized carbons (Fsp3) is 0.562. The number of ether oxygens (including phenoxy) is 1. The van der Waals surface area contributed by atoms with E-state index in [0.29, 0.717) is 0 Å². The maximum Gasteiger partial charge on any atom is 0.313 e. The standard InChI is InChI=1S/C16H25O4SSi/c1-16(2,3)12-9-11(7-8-13(12)19-4)15(20-22(5)6)21-10-14(17)18/h7-9,15H,10H2,1-6H3,(H,17,18). The van der Waals surface area contributed by atoms with E-state index in [1.165, 1.54) is 11.8 Å². The molecule has 0 saturated carbocycles. The number of rotatable bonds is 7. The summed E-state index contributed by atoms with van der Waals surface area (Å²) in [6, 6.07) is 5.97. The first-order valence-electron chi connectivity index (χ1n) is 7.13. The zero-order valence-electron chi connectivity index (χ0n) is 14.1. The molecule has 1 aromatic rings. The molecule has 6 heteroatoms. The fourth-order valence-electron chi connectivity index (χ4n) is 2.02. The van der Waals surface area contributed by atoms with Crippen molar-refractivity contribution in [1.82, 2.24) is 0 Å². The van der Waals surface area contributed by atoms with Crippen LogP contribution in [0.4, 0.5) is 0 Å². The molecule has 123 valence electrons. The molecule has 1 atom stereocenters. The van der Waals surface area contributed by atoms with E-state index >= 15 is 0 Å². The van der Waals surface area contributed by atoms with Crippen molar-refractivity contribution in [3.63, 3.8) is 0 Å². The Kier molecular flexibility index (Phi) is 6.96. The number of aliphatic carboxylic acids is 1. The van der Waals surface area contributed by atoms with Gasteiger partial charge in [-0.15, -0.1) is 11.8 Å². The normalized spacial score (nSPS) is 13.2. The van der Waals surface area contributed by atoms with Crippen LogP contribution in [0.2, 0.25) is 13.1 Å². The summed E-state index contributed by atoms with van der Waals surface area (Å²) in [6.07, 6.45) is 0. The lowest BCUT2D eigenvalue weighted by Crippen LogP contribution is -2.16. The average molecular weight is 342 g/mol. The van der Waals surface area contributed by atoms with E-state index < -0.39 is 15.0 Å². The molecular formula is C16H25O4SSi. The second-order valence-corrected chi connectivity index (χ2v) is 9.37. The van der Waals surface area contributed by atoms with Gasteiger partial charge < -0.3 is 14.3 Å². The van der Waals surface area contributed by atoms with Crippen LogP contribution in [0.3, 0.4) is 0 Å². The van der Waals surface area contributed by atoms with E-state index in [1.54, 1.807) is 7.11 Å². The molecule has 0 aliphatic rings. The van der Waals surface area contributed by atoms with Gasteiger partial charge in [0, 0.05) is 0 Å². The van der Waals surface area contributed by atoms with Crippen LogP contribution in [-0.2, 0) is 14.6 Å². The van der Waals surface area contributed by atoms with Crippen LogP contribution < -0.4 is 4.74 Å². The molecule has 1 N–H and O–H groups in total. The highest BCUT2D eigenvalue weighted by molar-refractivity contribution is 8.00. The molecule has 0 aromatic heterocycles. The number of hydrogen-bond donors (Lipinski definition) is 1. The van der Waals surface area contributed by atoms with Crippen molar-refractivity contribution < 1.29 is 19.1 Å². The Balaban J connectivity index is 3.15. The van der Waals surface area contributed by atoms with Gasteiger partial charge >= 0.3 is 5.97 Å². The van der Waals surface area contributed by atoms with Crippen LogP contribution in [0, 0.1) is 0 Å². The summed E-state index contributed by atoms with van der Waals surface area (Å²) in [5, 5.41) is 8.92. The lowest BCUT2D eigenvalue weighted by Gasteiger charge is -2.25. The number of carbonyl (C=O) groups is 1. The molecule has 0 fully saturated rings. The van der Waals surface area contributed by atoms with Crippen molar-refractivity contribution >= 4 is 26.8 Å². The molecule has 4 nitrogen and oxygen atoms in total. The predicted octanol–water partition coefficient (Wildman–Crippen LogP) is 4.08. The molecule has 1 aromatic carbocycles. The van der Waals surface area contributed by atoms with Gasteiger partial charge in [0.05, 0.1) is 12.9 Å². The van der Waals surface area contributed by atoms with Crippen molar-refractivity contribution in [3.8, 4) is 5.75 Å². The summed E-state index contributed by atoms with van der Waals surface area (Å²) in [6.45, 7) is 10.5. The summed E-state index contributed by atoms with van der Waals surface area (Å²) < 4.78 is 11.4. The van der Waals surface area contributed by atoms with E-state index in [4.69, 9.17) is 14.3 Å². The maximum atomic E-state index is 10.9. The Bertz CT molecular complexity index is 511. The topological polar surface area (TPSA) is 55.8 Å². The number of thioether (sulfide) groups is 1. The summed E-state index contributed by atoms with van der Waals surface area (Å²) >= 11 is 1.31. The molecule has 22 heavy (non-hydrogen) atoms. The smallest absolute Gasteiger partial charge is 0.313 e. The van der Waals surface area contributed by atoms with Gasteiger partial charge in [-0.2, -0.15) is 0 Å². The molecule has 0 aliphatic carbocycles. The molecule has 0 heterocycles. The molecule has 0 aliphatic heterocycles. The minimum absolute atomic E-state index is 0.0245. The summed E-state index contributed by atoms with van der Waals surface area (Å²) in [4.78, 5) is 10.9. The zero-order valence-corrected chi connectivity index (χ0v) is 15.9. The molecular weight excluding hydrogens is 316 g/mol. The van der Waals surface area contributed by atoms with E-state index in [0.717, 1.165) is 16.9 Å². The van der Waals surface area contributed by atoms with Gasteiger partial charge in [0.15, 0.2) is 0 Å². The van der Waals surface area contributed by atoms with Crippen LogP contribution in [-0.4, -0.2) is 33.0 Å². The minimum Gasteiger partial charge on any atom is -0.496 e. The largest absolute Gasteiger partial charge is 0.496 e. The third kappa shape index (κ3) is 5.66. The molecule has 1 rings (SSSR count). The molecule has 0 amide bonds. The monoisotopic (exact) mass is 341 g/mol. The molecule has 0 bridgehead atoms. The van der Waals surface area contributed by atoms with Crippen molar-refractivity contribution in [3.05, 3.63) is 29.3 Å². The number of carboxylic acids is 1. The van der Waals surface area contributed by atoms with Gasteiger partial charge in [-0.05, 0) is 41.8 Å². The van der Waals surface area contributed by atoms with Crippen molar-refractivity contribution in [2.75, 3.05) is 12.9 Å². The molecule has 1 unspecified atom stereocenters. The highest BCUT2D eigenvalue weighted by Crippen LogP contribution is 2.37. The Hall–Kier alpha value is -0.983. The second kappa shape index (κ2) is 8.03. The minimum atomic E-state index is -0.936. The first-order chi connectivity index (χ1) is 10.1. The van der Waals surface area contributed by atoms with Gasteiger partial charge in [-0.25, -0.2) is 0 Å². The van der Waals surface area contributed by atoms with Gasteiger partial charge in [0.2, 0.25) is 9.04 Å². The van der Waals surface area contributed by atoms with E-state index in [-0.39, 0.29) is 16.6 Å².